The van der Waals surface area contributed by atoms with E-state index in [1.165, 1.54) is 0 Å². The monoisotopic (exact) mass is 250 g/mol. The number of hydrogen-bond donors (Lipinski definition) is 3. The molecule has 0 aromatic carbocycles. The van der Waals surface area contributed by atoms with Gasteiger partial charge in [-0.15, -0.1) is 0 Å². The molecule has 4 N–H and O–H groups in total. The minimum Gasteiger partial charge on any atom is -0.409 e. The van der Waals surface area contributed by atoms with Gasteiger partial charge in [-0.2, -0.15) is 0 Å². The molecule has 1 fully saturated rings. The smallest absolute Gasteiger partial charge is 0.188 e. The van der Waals surface area contributed by atoms with Crippen LogP contribution in [-0.4, -0.2) is 45.7 Å². The number of rotatable bonds is 4. The van der Waals surface area contributed by atoms with Crippen LogP contribution in [0.25, 0.3) is 0 Å². The molecule has 0 bridgehead atoms. The van der Waals surface area contributed by atoms with E-state index >= 15 is 0 Å². The third-order valence-electron chi connectivity index (χ3n) is 3.23. The highest BCUT2D eigenvalue weighted by atomic mass is 16.4. The second-order valence-corrected chi connectivity index (χ2v) is 4.61. The molecule has 1 atom stereocenters. The second-order valence-electron chi connectivity index (χ2n) is 4.61. The minimum atomic E-state index is 0.0199. The van der Waals surface area contributed by atoms with Gasteiger partial charge in [0.15, 0.2) is 5.84 Å². The molecule has 18 heavy (non-hydrogen) atoms. The zero-order valence-electron chi connectivity index (χ0n) is 10.2. The molecule has 6 heteroatoms. The van der Waals surface area contributed by atoms with E-state index in [0.717, 1.165) is 31.6 Å². The minimum absolute atomic E-state index is 0.0199. The van der Waals surface area contributed by atoms with Crippen LogP contribution in [0.5, 0.6) is 0 Å². The van der Waals surface area contributed by atoms with Crippen LogP contribution >= 0.6 is 0 Å². The molecule has 0 radical (unpaired) electrons. The van der Waals surface area contributed by atoms with E-state index in [4.69, 9.17) is 16.0 Å². The van der Waals surface area contributed by atoms with Gasteiger partial charge in [-0.3, -0.25) is 9.88 Å². The van der Waals surface area contributed by atoms with Crippen molar-refractivity contribution in [1.82, 2.24) is 9.88 Å². The number of aromatic nitrogens is 1. The molecule has 98 valence electrons. The Morgan fingerprint density at radius 3 is 3.11 bits per heavy atom. The maximum atomic E-state index is 9.10. The Hall–Kier alpha value is -1.66. The maximum absolute atomic E-state index is 9.10. The van der Waals surface area contributed by atoms with Crippen molar-refractivity contribution in [3.05, 3.63) is 29.6 Å². The lowest BCUT2D eigenvalue weighted by atomic mass is 10.1. The van der Waals surface area contributed by atoms with E-state index in [1.807, 2.05) is 12.1 Å². The lowest BCUT2D eigenvalue weighted by molar-refractivity contribution is 0.220. The average molecular weight is 250 g/mol. The Kier molecular flexibility index (Phi) is 4.11. The number of pyridine rings is 1. The number of amidine groups is 1. The summed E-state index contributed by atoms with van der Waals surface area (Å²) >= 11 is 0. The fourth-order valence-electron chi connectivity index (χ4n) is 2.23. The van der Waals surface area contributed by atoms with Crippen molar-refractivity contribution in [3.63, 3.8) is 0 Å². The summed E-state index contributed by atoms with van der Waals surface area (Å²) in [5.41, 5.74) is 7.06. The lowest BCUT2D eigenvalue weighted by Gasteiger charge is -2.15. The van der Waals surface area contributed by atoms with Gasteiger partial charge in [-0.05, 0) is 36.6 Å². The first-order chi connectivity index (χ1) is 8.72. The van der Waals surface area contributed by atoms with Crippen molar-refractivity contribution >= 4 is 5.84 Å². The molecule has 2 heterocycles. The highest BCUT2D eigenvalue weighted by molar-refractivity contribution is 5.95. The molecule has 0 aliphatic carbocycles. The van der Waals surface area contributed by atoms with Gasteiger partial charge in [-0.25, -0.2) is 0 Å². The highest BCUT2D eigenvalue weighted by Gasteiger charge is 2.21. The normalized spacial score (nSPS) is 21.4. The van der Waals surface area contributed by atoms with Gasteiger partial charge in [0.05, 0.1) is 0 Å². The van der Waals surface area contributed by atoms with Crippen molar-refractivity contribution < 1.29 is 10.3 Å². The summed E-state index contributed by atoms with van der Waals surface area (Å²) in [7, 11) is 0. The van der Waals surface area contributed by atoms with E-state index in [9.17, 15) is 0 Å². The van der Waals surface area contributed by atoms with Gasteiger partial charge in [0.2, 0.25) is 0 Å². The number of aliphatic hydroxyl groups is 1. The van der Waals surface area contributed by atoms with Gasteiger partial charge >= 0.3 is 0 Å². The van der Waals surface area contributed by atoms with Crippen molar-refractivity contribution in [2.24, 2.45) is 16.8 Å². The number of oxime groups is 1. The molecule has 2 rings (SSSR count). The van der Waals surface area contributed by atoms with Crippen molar-refractivity contribution in [2.45, 2.75) is 13.0 Å². The van der Waals surface area contributed by atoms with Crippen molar-refractivity contribution in [3.8, 4) is 0 Å². The number of likely N-dealkylation sites (tertiary alicyclic amines) is 1. The fraction of sp³-hybridized carbons (Fsp3) is 0.500. The Bertz CT molecular complexity index is 436. The van der Waals surface area contributed by atoms with Crippen LogP contribution in [0, 0.1) is 5.92 Å². The molecule has 6 nitrogen and oxygen atoms in total. The third kappa shape index (κ3) is 2.96. The van der Waals surface area contributed by atoms with E-state index < -0.39 is 0 Å². The molecular weight excluding hydrogens is 232 g/mol. The molecule has 1 aromatic heterocycles. The summed E-state index contributed by atoms with van der Waals surface area (Å²) in [6, 6.07) is 3.74. The van der Waals surface area contributed by atoms with Gasteiger partial charge in [0.25, 0.3) is 0 Å². The Morgan fingerprint density at radius 2 is 2.44 bits per heavy atom. The SMILES string of the molecule is N/C(=N/O)c1cc(CN2CCC(CO)C2)ccn1. The highest BCUT2D eigenvalue weighted by Crippen LogP contribution is 2.18. The van der Waals surface area contributed by atoms with Crippen molar-refractivity contribution in [1.29, 1.82) is 0 Å². The predicted molar refractivity (Wildman–Crippen MR) is 67.2 cm³/mol. The topological polar surface area (TPSA) is 95.0 Å². The Morgan fingerprint density at radius 1 is 1.61 bits per heavy atom. The second kappa shape index (κ2) is 5.79. The zero-order chi connectivity index (χ0) is 13.0. The molecule has 1 aromatic rings. The van der Waals surface area contributed by atoms with E-state index in [-0.39, 0.29) is 12.4 Å². The summed E-state index contributed by atoms with van der Waals surface area (Å²) in [5, 5.41) is 20.7. The quantitative estimate of drug-likeness (QED) is 0.302. The van der Waals surface area contributed by atoms with Crippen LogP contribution in [0.2, 0.25) is 0 Å². The number of aliphatic hydroxyl groups excluding tert-OH is 1. The Balaban J connectivity index is 2.02. The summed E-state index contributed by atoms with van der Waals surface area (Å²) in [6.45, 7) is 2.96. The molecule has 1 aliphatic heterocycles. The van der Waals surface area contributed by atoms with Crippen LogP contribution in [0.3, 0.4) is 0 Å². The standard InChI is InChI=1S/C12H18N4O2/c13-12(15-18)11-5-9(1-3-14-11)6-16-4-2-10(7-16)8-17/h1,3,5,10,17-18H,2,4,6-8H2,(H2,13,15). The maximum Gasteiger partial charge on any atom is 0.188 e. The molecule has 1 aliphatic rings. The van der Waals surface area contributed by atoms with Crippen LogP contribution in [-0.2, 0) is 6.54 Å². The molecule has 0 spiro atoms. The zero-order valence-corrected chi connectivity index (χ0v) is 10.2. The fourth-order valence-corrected chi connectivity index (χ4v) is 2.23. The number of nitrogens with zero attached hydrogens (tertiary/aromatic N) is 3. The molecule has 1 unspecified atom stereocenters. The molecular formula is C12H18N4O2. The van der Waals surface area contributed by atoms with E-state index in [2.05, 4.69) is 15.0 Å². The summed E-state index contributed by atoms with van der Waals surface area (Å²) in [4.78, 5) is 6.33. The predicted octanol–water partition coefficient (Wildman–Crippen LogP) is -0.00970. The van der Waals surface area contributed by atoms with Crippen LogP contribution in [0.15, 0.2) is 23.5 Å². The Labute approximate surface area is 106 Å². The van der Waals surface area contributed by atoms with Gasteiger partial charge in [0.1, 0.15) is 5.69 Å². The molecule has 1 saturated heterocycles. The summed E-state index contributed by atoms with van der Waals surface area (Å²) in [5.74, 6) is 0.405. The number of hydrogen-bond acceptors (Lipinski definition) is 5. The molecule has 0 saturated carbocycles. The summed E-state index contributed by atoms with van der Waals surface area (Å²) < 4.78 is 0. The van der Waals surface area contributed by atoms with Gasteiger partial charge in [-0.1, -0.05) is 5.16 Å². The third-order valence-corrected chi connectivity index (χ3v) is 3.23. The summed E-state index contributed by atoms with van der Waals surface area (Å²) in [6.07, 6.45) is 2.69. The number of nitrogens with two attached hydrogens (primary N) is 1. The average Bonchev–Trinajstić information content (AvgIpc) is 2.86. The van der Waals surface area contributed by atoms with Crippen molar-refractivity contribution in [2.75, 3.05) is 19.7 Å². The first kappa shape index (κ1) is 12.8. The van der Waals surface area contributed by atoms with Crippen LogP contribution in [0.1, 0.15) is 17.7 Å². The lowest BCUT2D eigenvalue weighted by Crippen LogP contribution is -2.22. The first-order valence-electron chi connectivity index (χ1n) is 5.99. The van der Waals surface area contributed by atoms with Gasteiger partial charge in [0, 0.05) is 25.9 Å². The first-order valence-corrected chi connectivity index (χ1v) is 5.99. The molecule has 0 amide bonds. The van der Waals surface area contributed by atoms with E-state index in [0.29, 0.717) is 11.6 Å². The van der Waals surface area contributed by atoms with E-state index in [1.54, 1.807) is 6.20 Å². The van der Waals surface area contributed by atoms with Crippen LogP contribution in [0.4, 0.5) is 0 Å². The van der Waals surface area contributed by atoms with Gasteiger partial charge < -0.3 is 16.0 Å². The largest absolute Gasteiger partial charge is 0.409 e. The van der Waals surface area contributed by atoms with Crippen LogP contribution < -0.4 is 5.73 Å².